The fourth-order valence-corrected chi connectivity index (χ4v) is 3.24. The number of benzene rings is 1. The number of unbranched alkanes of at least 4 members (excludes halogenated alkanes) is 1. The monoisotopic (exact) mass is 312 g/mol. The third-order valence-corrected chi connectivity index (χ3v) is 4.42. The summed E-state index contributed by atoms with van der Waals surface area (Å²) in [5, 5.41) is 11.7. The topological polar surface area (TPSA) is 77.0 Å². The van der Waals surface area contributed by atoms with Crippen LogP contribution in [-0.2, 0) is 0 Å². The maximum atomic E-state index is 10.7. The second-order valence-corrected chi connectivity index (χ2v) is 6.67. The van der Waals surface area contributed by atoms with Crippen molar-refractivity contribution in [1.82, 2.24) is 14.5 Å². The van der Waals surface area contributed by atoms with Gasteiger partial charge in [-0.15, -0.1) is 0 Å². The summed E-state index contributed by atoms with van der Waals surface area (Å²) in [6.07, 6.45) is 4.81. The van der Waals surface area contributed by atoms with E-state index in [0.717, 1.165) is 35.7 Å². The highest BCUT2D eigenvalue weighted by Crippen LogP contribution is 2.34. The molecule has 0 aliphatic rings. The van der Waals surface area contributed by atoms with Crippen molar-refractivity contribution in [2.24, 2.45) is 0 Å². The van der Waals surface area contributed by atoms with Crippen LogP contribution in [0.5, 0.6) is 0 Å². The Morgan fingerprint density at radius 3 is 2.74 bits per heavy atom. The first kappa shape index (κ1) is 15.7. The molecule has 23 heavy (non-hydrogen) atoms. The van der Waals surface area contributed by atoms with Gasteiger partial charge in [-0.25, -0.2) is 9.97 Å². The lowest BCUT2D eigenvalue weighted by molar-refractivity contribution is 0.0201. The number of hydrogen-bond acceptors (Lipinski definition) is 4. The van der Waals surface area contributed by atoms with Crippen LogP contribution in [0.2, 0.25) is 0 Å². The van der Waals surface area contributed by atoms with Crippen molar-refractivity contribution >= 4 is 27.8 Å². The van der Waals surface area contributed by atoms with Gasteiger partial charge in [0.15, 0.2) is 5.82 Å². The van der Waals surface area contributed by atoms with E-state index in [1.165, 1.54) is 0 Å². The normalized spacial score (nSPS) is 13.7. The summed E-state index contributed by atoms with van der Waals surface area (Å²) < 4.78 is 2.07. The first-order valence-electron chi connectivity index (χ1n) is 8.16. The molecule has 2 heterocycles. The summed E-state index contributed by atoms with van der Waals surface area (Å²) in [6, 6.07) is 7.86. The predicted octanol–water partition coefficient (Wildman–Crippen LogP) is 3.67. The Kier molecular flexibility index (Phi) is 3.98. The molecule has 5 nitrogen and oxygen atoms in total. The predicted molar refractivity (Wildman–Crippen MR) is 94.3 cm³/mol. The number of fused-ring (bicyclic) bond motifs is 3. The maximum Gasteiger partial charge on any atom is 0.152 e. The summed E-state index contributed by atoms with van der Waals surface area (Å²) in [5.41, 5.74) is 7.76. The van der Waals surface area contributed by atoms with Crippen LogP contribution < -0.4 is 5.73 Å². The second-order valence-electron chi connectivity index (χ2n) is 6.67. The fraction of sp³-hybridized carbons (Fsp3) is 0.444. The molecule has 1 atom stereocenters. The van der Waals surface area contributed by atoms with Crippen LogP contribution in [0.4, 0.5) is 5.82 Å². The van der Waals surface area contributed by atoms with Crippen LogP contribution in [0.25, 0.3) is 21.9 Å². The maximum absolute atomic E-state index is 10.7. The zero-order chi connectivity index (χ0) is 16.6. The molecule has 0 saturated heterocycles. The first-order chi connectivity index (χ1) is 10.9. The number of rotatable bonds is 5. The average Bonchev–Trinajstić information content (AvgIpc) is 2.92. The lowest BCUT2D eigenvalue weighted by atomic mass is 9.93. The molecule has 0 bridgehead atoms. The van der Waals surface area contributed by atoms with Gasteiger partial charge in [-0.3, -0.25) is 0 Å². The van der Waals surface area contributed by atoms with E-state index in [9.17, 15) is 5.11 Å². The third-order valence-electron chi connectivity index (χ3n) is 4.42. The first-order valence-corrected chi connectivity index (χ1v) is 8.16. The van der Waals surface area contributed by atoms with E-state index in [1.54, 1.807) is 6.33 Å². The minimum atomic E-state index is -0.845. The third kappa shape index (κ3) is 2.77. The number of nitrogens with zero attached hydrogens (tertiary/aromatic N) is 3. The van der Waals surface area contributed by atoms with Crippen molar-refractivity contribution in [2.45, 2.75) is 51.7 Å². The number of imidazole rings is 1. The quantitative estimate of drug-likeness (QED) is 0.753. The second kappa shape index (κ2) is 5.81. The zero-order valence-corrected chi connectivity index (χ0v) is 14.0. The van der Waals surface area contributed by atoms with Crippen molar-refractivity contribution < 1.29 is 5.11 Å². The van der Waals surface area contributed by atoms with E-state index in [4.69, 9.17) is 5.73 Å². The molecule has 0 fully saturated rings. The van der Waals surface area contributed by atoms with Crippen LogP contribution in [0, 0.1) is 0 Å². The number of nitrogen functional groups attached to an aromatic ring is 1. The highest BCUT2D eigenvalue weighted by Gasteiger charge is 2.30. The minimum absolute atomic E-state index is 0.0577. The molecule has 3 rings (SSSR count). The number of anilines is 1. The molecule has 3 N–H and O–H groups in total. The van der Waals surface area contributed by atoms with Crippen LogP contribution in [0.15, 0.2) is 30.6 Å². The highest BCUT2D eigenvalue weighted by molar-refractivity contribution is 6.06. The summed E-state index contributed by atoms with van der Waals surface area (Å²) in [4.78, 5) is 8.92. The van der Waals surface area contributed by atoms with Gasteiger partial charge in [-0.05, 0) is 26.3 Å². The zero-order valence-electron chi connectivity index (χ0n) is 14.0. The van der Waals surface area contributed by atoms with Crippen LogP contribution in [0.3, 0.4) is 0 Å². The molecule has 122 valence electrons. The lowest BCUT2D eigenvalue weighted by Crippen LogP contribution is -2.33. The Morgan fingerprint density at radius 2 is 2.04 bits per heavy atom. The molecular formula is C18H24N4O. The molecule has 0 spiro atoms. The molecule has 3 aromatic rings. The fourth-order valence-electron chi connectivity index (χ4n) is 3.24. The van der Waals surface area contributed by atoms with Gasteiger partial charge in [-0.1, -0.05) is 38.0 Å². The molecule has 1 aromatic carbocycles. The number of nitrogens with two attached hydrogens (primary N) is 1. The van der Waals surface area contributed by atoms with Crippen molar-refractivity contribution in [3.63, 3.8) is 0 Å². The SMILES string of the molecule is CCCC[C@H](n1cnc2c(N)nc3ccccc3c21)C(C)(C)O. The lowest BCUT2D eigenvalue weighted by Gasteiger charge is -2.31. The van der Waals surface area contributed by atoms with Gasteiger partial charge < -0.3 is 15.4 Å². The standard InChI is InChI=1S/C18H24N4O/c1-4-5-10-14(18(2,3)23)22-11-20-15-16(22)12-8-6-7-9-13(12)21-17(15)19/h6-9,11,14,23H,4-5,10H2,1-3H3,(H2,19,21)/t14-/m0/s1. The molecule has 0 aliphatic heterocycles. The number of aromatic nitrogens is 3. The summed E-state index contributed by atoms with van der Waals surface area (Å²) >= 11 is 0. The van der Waals surface area contributed by atoms with E-state index >= 15 is 0 Å². The number of hydrogen-bond donors (Lipinski definition) is 2. The Hall–Kier alpha value is -2.14. The van der Waals surface area contributed by atoms with E-state index in [2.05, 4.69) is 21.5 Å². The summed E-state index contributed by atoms with van der Waals surface area (Å²) in [7, 11) is 0. The van der Waals surface area contributed by atoms with Gasteiger partial charge in [0, 0.05) is 5.39 Å². The van der Waals surface area contributed by atoms with Crippen LogP contribution in [-0.4, -0.2) is 25.2 Å². The van der Waals surface area contributed by atoms with Crippen molar-refractivity contribution in [1.29, 1.82) is 0 Å². The minimum Gasteiger partial charge on any atom is -0.388 e. The highest BCUT2D eigenvalue weighted by atomic mass is 16.3. The van der Waals surface area contributed by atoms with Crippen molar-refractivity contribution in [2.75, 3.05) is 5.73 Å². The van der Waals surface area contributed by atoms with Crippen LogP contribution in [0.1, 0.15) is 46.1 Å². The molecule has 0 radical (unpaired) electrons. The molecule has 5 heteroatoms. The van der Waals surface area contributed by atoms with E-state index < -0.39 is 5.60 Å². The average molecular weight is 312 g/mol. The van der Waals surface area contributed by atoms with Gasteiger partial charge in [0.05, 0.1) is 29.0 Å². The smallest absolute Gasteiger partial charge is 0.152 e. The van der Waals surface area contributed by atoms with E-state index in [1.807, 2.05) is 38.1 Å². The molecular weight excluding hydrogens is 288 g/mol. The molecule has 0 saturated carbocycles. The summed E-state index contributed by atoms with van der Waals surface area (Å²) in [6.45, 7) is 5.86. The van der Waals surface area contributed by atoms with Gasteiger partial charge in [0.1, 0.15) is 5.52 Å². The van der Waals surface area contributed by atoms with E-state index in [0.29, 0.717) is 11.3 Å². The Bertz CT molecular complexity index is 832. The van der Waals surface area contributed by atoms with Crippen LogP contribution >= 0.6 is 0 Å². The Labute approximate surface area is 136 Å². The number of para-hydroxylation sites is 1. The van der Waals surface area contributed by atoms with E-state index in [-0.39, 0.29) is 6.04 Å². The number of aliphatic hydroxyl groups is 1. The largest absolute Gasteiger partial charge is 0.388 e. The molecule has 0 unspecified atom stereocenters. The molecule has 0 amide bonds. The van der Waals surface area contributed by atoms with Crippen molar-refractivity contribution in [3.05, 3.63) is 30.6 Å². The van der Waals surface area contributed by atoms with Gasteiger partial charge in [0.25, 0.3) is 0 Å². The van der Waals surface area contributed by atoms with Crippen molar-refractivity contribution in [3.8, 4) is 0 Å². The van der Waals surface area contributed by atoms with Gasteiger partial charge >= 0.3 is 0 Å². The summed E-state index contributed by atoms with van der Waals surface area (Å²) in [5.74, 6) is 0.433. The molecule has 0 aliphatic carbocycles. The Morgan fingerprint density at radius 1 is 1.30 bits per heavy atom. The molecule has 2 aromatic heterocycles. The Balaban J connectivity index is 2.28. The van der Waals surface area contributed by atoms with Gasteiger partial charge in [0.2, 0.25) is 0 Å². The van der Waals surface area contributed by atoms with Gasteiger partial charge in [-0.2, -0.15) is 0 Å². The number of pyridine rings is 1.